The minimum absolute atomic E-state index is 0.288. The Labute approximate surface area is 105 Å². The maximum atomic E-state index is 4.10. The lowest BCUT2D eigenvalue weighted by Gasteiger charge is -2.34. The Hall–Kier alpha value is -0.930. The molecule has 1 N–H and O–H groups in total. The van der Waals surface area contributed by atoms with Gasteiger partial charge in [-0.3, -0.25) is 9.88 Å². The molecule has 0 saturated carbocycles. The maximum Gasteiger partial charge on any atom is 0.0312 e. The van der Waals surface area contributed by atoms with Gasteiger partial charge in [0.15, 0.2) is 0 Å². The van der Waals surface area contributed by atoms with Gasteiger partial charge in [-0.1, -0.05) is 13.0 Å². The summed E-state index contributed by atoms with van der Waals surface area (Å²) in [6.45, 7) is 9.78. The molecule has 3 heteroatoms. The fraction of sp³-hybridized carbons (Fsp3) is 0.643. The van der Waals surface area contributed by atoms with E-state index in [-0.39, 0.29) is 5.54 Å². The molecule has 0 saturated heterocycles. The molecule has 0 amide bonds. The molecule has 3 nitrogen and oxygen atoms in total. The van der Waals surface area contributed by atoms with Crippen molar-refractivity contribution in [1.29, 1.82) is 0 Å². The fourth-order valence-corrected chi connectivity index (χ4v) is 1.55. The number of pyridine rings is 1. The van der Waals surface area contributed by atoms with Gasteiger partial charge in [-0.25, -0.2) is 0 Å². The van der Waals surface area contributed by atoms with Gasteiger partial charge in [0, 0.05) is 37.6 Å². The number of likely N-dealkylation sites (N-methyl/N-ethyl adjacent to an activating group) is 1. The molecule has 0 spiro atoms. The predicted molar refractivity (Wildman–Crippen MR) is 72.9 cm³/mol. The van der Waals surface area contributed by atoms with Crippen LogP contribution in [0.1, 0.15) is 32.8 Å². The number of hydrogen-bond donors (Lipinski definition) is 1. The second-order valence-electron chi connectivity index (χ2n) is 5.13. The first-order valence-corrected chi connectivity index (χ1v) is 6.37. The summed E-state index contributed by atoms with van der Waals surface area (Å²) in [6, 6.07) is 4.07. The molecular weight excluding hydrogens is 210 g/mol. The van der Waals surface area contributed by atoms with Crippen molar-refractivity contribution in [2.45, 2.75) is 39.3 Å². The predicted octanol–water partition coefficient (Wildman–Crippen LogP) is 2.29. The van der Waals surface area contributed by atoms with E-state index in [1.54, 1.807) is 6.20 Å². The van der Waals surface area contributed by atoms with Crippen LogP contribution in [-0.2, 0) is 6.54 Å². The third kappa shape index (κ3) is 4.84. The molecule has 0 fully saturated rings. The number of hydrogen-bond acceptors (Lipinski definition) is 3. The third-order valence-corrected chi connectivity index (χ3v) is 3.57. The highest BCUT2D eigenvalue weighted by Crippen LogP contribution is 2.15. The molecule has 96 valence electrons. The molecule has 1 aromatic rings. The second-order valence-corrected chi connectivity index (χ2v) is 5.13. The average molecular weight is 235 g/mol. The first-order valence-electron chi connectivity index (χ1n) is 6.37. The SMILES string of the molecule is CCC(C)(C)N(C)CCNCc1cccnc1. The Morgan fingerprint density at radius 3 is 2.76 bits per heavy atom. The van der Waals surface area contributed by atoms with Crippen molar-refractivity contribution in [3.8, 4) is 0 Å². The van der Waals surface area contributed by atoms with Crippen LogP contribution in [0, 0.1) is 0 Å². The van der Waals surface area contributed by atoms with Crippen LogP contribution in [0.4, 0.5) is 0 Å². The first-order chi connectivity index (χ1) is 8.06. The smallest absolute Gasteiger partial charge is 0.0312 e. The lowest BCUT2D eigenvalue weighted by atomic mass is 10.0. The zero-order valence-corrected chi connectivity index (χ0v) is 11.5. The first kappa shape index (κ1) is 14.1. The molecule has 0 unspecified atom stereocenters. The van der Waals surface area contributed by atoms with Gasteiger partial charge in [0.25, 0.3) is 0 Å². The normalized spacial score (nSPS) is 12.1. The highest BCUT2D eigenvalue weighted by atomic mass is 15.2. The monoisotopic (exact) mass is 235 g/mol. The van der Waals surface area contributed by atoms with Gasteiger partial charge >= 0.3 is 0 Å². The Morgan fingerprint density at radius 1 is 1.41 bits per heavy atom. The summed E-state index contributed by atoms with van der Waals surface area (Å²) in [7, 11) is 2.19. The van der Waals surface area contributed by atoms with Crippen LogP contribution in [0.5, 0.6) is 0 Å². The average Bonchev–Trinajstić information content (AvgIpc) is 2.35. The Kier molecular flexibility index (Phi) is 5.59. The highest BCUT2D eigenvalue weighted by Gasteiger charge is 2.19. The molecule has 0 aliphatic rings. The summed E-state index contributed by atoms with van der Waals surface area (Å²) in [5, 5.41) is 3.45. The van der Waals surface area contributed by atoms with Crippen molar-refractivity contribution in [2.75, 3.05) is 20.1 Å². The minimum atomic E-state index is 0.288. The molecule has 0 aromatic carbocycles. The lowest BCUT2D eigenvalue weighted by Crippen LogP contribution is -2.43. The summed E-state index contributed by atoms with van der Waals surface area (Å²) in [5.41, 5.74) is 1.53. The van der Waals surface area contributed by atoms with Crippen LogP contribution in [0.15, 0.2) is 24.5 Å². The molecule has 0 bridgehead atoms. The second kappa shape index (κ2) is 6.72. The van der Waals surface area contributed by atoms with Crippen molar-refractivity contribution < 1.29 is 0 Å². The van der Waals surface area contributed by atoms with E-state index in [1.807, 2.05) is 12.3 Å². The van der Waals surface area contributed by atoms with E-state index in [0.717, 1.165) is 19.6 Å². The van der Waals surface area contributed by atoms with Crippen LogP contribution in [0.25, 0.3) is 0 Å². The summed E-state index contributed by atoms with van der Waals surface area (Å²) in [4.78, 5) is 6.51. The Balaban J connectivity index is 2.21. The molecular formula is C14H25N3. The van der Waals surface area contributed by atoms with Gasteiger partial charge in [0.1, 0.15) is 0 Å². The Bertz CT molecular complexity index is 309. The topological polar surface area (TPSA) is 28.2 Å². The number of nitrogens with zero attached hydrogens (tertiary/aromatic N) is 2. The van der Waals surface area contributed by atoms with E-state index in [9.17, 15) is 0 Å². The fourth-order valence-electron chi connectivity index (χ4n) is 1.55. The molecule has 1 rings (SSSR count). The summed E-state index contributed by atoms with van der Waals surface area (Å²) >= 11 is 0. The van der Waals surface area contributed by atoms with Crippen molar-refractivity contribution in [1.82, 2.24) is 15.2 Å². The summed E-state index contributed by atoms with van der Waals surface area (Å²) in [6.07, 6.45) is 4.89. The summed E-state index contributed by atoms with van der Waals surface area (Å²) < 4.78 is 0. The van der Waals surface area contributed by atoms with Crippen molar-refractivity contribution in [2.24, 2.45) is 0 Å². The number of nitrogens with one attached hydrogen (secondary N) is 1. The van der Waals surface area contributed by atoms with Crippen LogP contribution in [0.3, 0.4) is 0 Å². The molecule has 1 heterocycles. The Morgan fingerprint density at radius 2 is 2.18 bits per heavy atom. The van der Waals surface area contributed by atoms with Gasteiger partial charge in [-0.05, 0) is 38.9 Å². The minimum Gasteiger partial charge on any atom is -0.311 e. The quantitative estimate of drug-likeness (QED) is 0.735. The lowest BCUT2D eigenvalue weighted by molar-refractivity contribution is 0.152. The van der Waals surface area contributed by atoms with Crippen molar-refractivity contribution in [3.63, 3.8) is 0 Å². The van der Waals surface area contributed by atoms with Gasteiger partial charge in [0.05, 0.1) is 0 Å². The van der Waals surface area contributed by atoms with Gasteiger partial charge in [-0.15, -0.1) is 0 Å². The molecule has 17 heavy (non-hydrogen) atoms. The largest absolute Gasteiger partial charge is 0.311 e. The van der Waals surface area contributed by atoms with E-state index < -0.39 is 0 Å². The molecule has 0 radical (unpaired) electrons. The molecule has 1 aromatic heterocycles. The molecule has 0 atom stereocenters. The number of rotatable bonds is 7. The van der Waals surface area contributed by atoms with Crippen molar-refractivity contribution >= 4 is 0 Å². The van der Waals surface area contributed by atoms with Crippen LogP contribution >= 0.6 is 0 Å². The maximum absolute atomic E-state index is 4.10. The van der Waals surface area contributed by atoms with E-state index in [2.05, 4.69) is 49.1 Å². The van der Waals surface area contributed by atoms with Crippen molar-refractivity contribution in [3.05, 3.63) is 30.1 Å². The standard InChI is InChI=1S/C14H25N3/c1-5-14(2,3)17(4)10-9-16-12-13-7-6-8-15-11-13/h6-8,11,16H,5,9-10,12H2,1-4H3. The van der Waals surface area contributed by atoms with Gasteiger partial charge in [0.2, 0.25) is 0 Å². The van der Waals surface area contributed by atoms with Crippen LogP contribution < -0.4 is 5.32 Å². The van der Waals surface area contributed by atoms with Gasteiger partial charge in [-0.2, -0.15) is 0 Å². The van der Waals surface area contributed by atoms with E-state index in [4.69, 9.17) is 0 Å². The molecule has 0 aliphatic heterocycles. The van der Waals surface area contributed by atoms with Crippen LogP contribution in [0.2, 0.25) is 0 Å². The zero-order valence-electron chi connectivity index (χ0n) is 11.5. The van der Waals surface area contributed by atoms with Gasteiger partial charge < -0.3 is 5.32 Å². The van der Waals surface area contributed by atoms with Crippen LogP contribution in [-0.4, -0.2) is 35.6 Å². The van der Waals surface area contributed by atoms with E-state index in [1.165, 1.54) is 12.0 Å². The highest BCUT2D eigenvalue weighted by molar-refractivity contribution is 5.07. The van der Waals surface area contributed by atoms with E-state index in [0.29, 0.717) is 0 Å². The molecule has 0 aliphatic carbocycles. The third-order valence-electron chi connectivity index (χ3n) is 3.57. The summed E-state index contributed by atoms with van der Waals surface area (Å²) in [5.74, 6) is 0. The zero-order chi connectivity index (χ0) is 12.7. The van der Waals surface area contributed by atoms with E-state index >= 15 is 0 Å². The number of aromatic nitrogens is 1.